The van der Waals surface area contributed by atoms with Crippen molar-refractivity contribution in [2.75, 3.05) is 26.2 Å². The molecule has 2 aliphatic heterocycles. The Morgan fingerprint density at radius 3 is 2.54 bits per heavy atom. The van der Waals surface area contributed by atoms with Crippen LogP contribution in [0.25, 0.3) is 6.08 Å². The Kier molecular flexibility index (Phi) is 8.26. The lowest BCUT2D eigenvalue weighted by molar-refractivity contribution is -0.135. The zero-order valence-corrected chi connectivity index (χ0v) is 21.4. The molecule has 0 N–H and O–H groups in total. The summed E-state index contributed by atoms with van der Waals surface area (Å²) in [7, 11) is 0. The molecule has 2 aliphatic rings. The van der Waals surface area contributed by atoms with Crippen LogP contribution < -0.4 is 9.47 Å². The van der Waals surface area contributed by atoms with Gasteiger partial charge >= 0.3 is 0 Å². The first kappa shape index (κ1) is 25.4. The van der Waals surface area contributed by atoms with Crippen molar-refractivity contribution >= 4 is 58.1 Å². The average molecular weight is 535 g/mol. The van der Waals surface area contributed by atoms with Crippen LogP contribution in [-0.4, -0.2) is 53.1 Å². The van der Waals surface area contributed by atoms with Crippen LogP contribution in [0, 0.1) is 0 Å². The number of nitrogens with zero attached hydrogens (tertiary/aromatic N) is 2. The first-order valence-electron chi connectivity index (χ1n) is 11.2. The molecule has 0 spiro atoms. The second-order valence-corrected chi connectivity index (χ2v) is 9.81. The topological polar surface area (TPSA) is 76.2 Å². The minimum absolute atomic E-state index is 0.197. The van der Waals surface area contributed by atoms with Crippen LogP contribution in [0.2, 0.25) is 10.0 Å². The smallest absolute Gasteiger partial charge is 0.294 e. The van der Waals surface area contributed by atoms with Crippen molar-refractivity contribution in [2.45, 2.75) is 26.4 Å². The summed E-state index contributed by atoms with van der Waals surface area (Å²) < 4.78 is 11.7. The van der Waals surface area contributed by atoms with Gasteiger partial charge in [0.2, 0.25) is 5.91 Å². The van der Waals surface area contributed by atoms with Crippen LogP contribution in [-0.2, 0) is 16.2 Å². The van der Waals surface area contributed by atoms with Gasteiger partial charge in [-0.3, -0.25) is 19.3 Å². The van der Waals surface area contributed by atoms with Crippen LogP contribution >= 0.6 is 35.0 Å². The molecule has 2 saturated heterocycles. The summed E-state index contributed by atoms with van der Waals surface area (Å²) in [6, 6.07) is 10.7. The van der Waals surface area contributed by atoms with Gasteiger partial charge in [-0.1, -0.05) is 41.4 Å². The molecule has 2 aromatic rings. The third-order valence-electron chi connectivity index (χ3n) is 5.59. The van der Waals surface area contributed by atoms with E-state index in [-0.39, 0.29) is 29.0 Å². The number of thioether (sulfide) groups is 1. The Labute approximate surface area is 217 Å². The molecular weight excluding hydrogens is 511 g/mol. The summed E-state index contributed by atoms with van der Waals surface area (Å²) in [5, 5.41) is 0.402. The summed E-state index contributed by atoms with van der Waals surface area (Å²) in [6.45, 7) is 3.48. The zero-order valence-electron chi connectivity index (χ0n) is 19.1. The molecule has 7 nitrogen and oxygen atoms in total. The highest BCUT2D eigenvalue weighted by Gasteiger charge is 2.37. The maximum Gasteiger partial charge on any atom is 0.294 e. The first-order valence-corrected chi connectivity index (χ1v) is 12.8. The molecule has 10 heteroatoms. The van der Waals surface area contributed by atoms with Gasteiger partial charge in [0.1, 0.15) is 13.2 Å². The lowest BCUT2D eigenvalue weighted by atomic mass is 10.1. The van der Waals surface area contributed by atoms with Crippen LogP contribution in [0.15, 0.2) is 41.3 Å². The van der Waals surface area contributed by atoms with Crippen molar-refractivity contribution in [2.24, 2.45) is 0 Å². The Hall–Kier alpha value is -2.68. The van der Waals surface area contributed by atoms with Gasteiger partial charge in [-0.05, 0) is 61.4 Å². The lowest BCUT2D eigenvalue weighted by Crippen LogP contribution is -2.40. The van der Waals surface area contributed by atoms with Crippen molar-refractivity contribution in [3.63, 3.8) is 0 Å². The van der Waals surface area contributed by atoms with E-state index >= 15 is 0 Å². The van der Waals surface area contributed by atoms with Gasteiger partial charge in [0.15, 0.2) is 11.5 Å². The molecule has 0 aliphatic carbocycles. The number of imide groups is 1. The van der Waals surface area contributed by atoms with E-state index in [4.69, 9.17) is 32.7 Å². The molecule has 35 heavy (non-hydrogen) atoms. The number of ether oxygens (including phenoxy) is 2. The third-order valence-corrected chi connectivity index (χ3v) is 7.14. The van der Waals surface area contributed by atoms with Crippen molar-refractivity contribution in [1.29, 1.82) is 0 Å². The predicted molar refractivity (Wildman–Crippen MR) is 137 cm³/mol. The predicted octanol–water partition coefficient (Wildman–Crippen LogP) is 5.63. The summed E-state index contributed by atoms with van der Waals surface area (Å²) in [5.74, 6) is 0.0464. The van der Waals surface area contributed by atoms with Gasteiger partial charge in [-0.2, -0.15) is 0 Å². The third kappa shape index (κ3) is 5.94. The van der Waals surface area contributed by atoms with Gasteiger partial charge in [0, 0.05) is 23.7 Å². The zero-order chi connectivity index (χ0) is 24.9. The second-order valence-electron chi connectivity index (χ2n) is 8.00. The van der Waals surface area contributed by atoms with Crippen LogP contribution in [0.3, 0.4) is 0 Å². The number of carbonyl (C=O) groups is 3. The van der Waals surface area contributed by atoms with Crippen molar-refractivity contribution < 1.29 is 23.9 Å². The molecule has 0 unspecified atom stereocenters. The molecular formula is C25H24Cl2N2O5S. The molecule has 2 aromatic carbocycles. The van der Waals surface area contributed by atoms with Crippen molar-refractivity contribution in [3.05, 3.63) is 62.5 Å². The molecule has 2 heterocycles. The SMILES string of the molecule is CCOc1cc(/C=C2\SC(=O)N(CC(=O)N3CCCC3)C2=O)cc(Cl)c1OCc1ccccc1Cl. The van der Waals surface area contributed by atoms with Crippen LogP contribution in [0.1, 0.15) is 30.9 Å². The monoisotopic (exact) mass is 534 g/mol. The van der Waals surface area contributed by atoms with E-state index < -0.39 is 11.1 Å². The molecule has 3 amide bonds. The van der Waals surface area contributed by atoms with E-state index in [9.17, 15) is 14.4 Å². The molecule has 0 bridgehead atoms. The maximum absolute atomic E-state index is 12.9. The number of carbonyl (C=O) groups excluding carboxylic acids is 3. The quantitative estimate of drug-likeness (QED) is 0.408. The van der Waals surface area contributed by atoms with E-state index in [0.29, 0.717) is 41.8 Å². The Morgan fingerprint density at radius 1 is 1.09 bits per heavy atom. The molecule has 4 rings (SSSR count). The second kappa shape index (κ2) is 11.4. The number of benzene rings is 2. The largest absolute Gasteiger partial charge is 0.490 e. The van der Waals surface area contributed by atoms with Crippen molar-refractivity contribution in [1.82, 2.24) is 9.80 Å². The van der Waals surface area contributed by atoms with Gasteiger partial charge in [0.05, 0.1) is 16.5 Å². The Morgan fingerprint density at radius 2 is 1.83 bits per heavy atom. The summed E-state index contributed by atoms with van der Waals surface area (Å²) in [6.07, 6.45) is 3.45. The fraction of sp³-hybridized carbons (Fsp3) is 0.320. The number of rotatable bonds is 8. The maximum atomic E-state index is 12.9. The highest BCUT2D eigenvalue weighted by Crippen LogP contribution is 2.40. The first-order chi connectivity index (χ1) is 16.9. The molecule has 0 radical (unpaired) electrons. The molecule has 2 fully saturated rings. The van der Waals surface area contributed by atoms with Gasteiger partial charge in [-0.15, -0.1) is 0 Å². The molecule has 184 valence electrons. The number of hydrogen-bond donors (Lipinski definition) is 0. The highest BCUT2D eigenvalue weighted by molar-refractivity contribution is 8.18. The molecule has 0 atom stereocenters. The van der Waals surface area contributed by atoms with E-state index in [2.05, 4.69) is 0 Å². The summed E-state index contributed by atoms with van der Waals surface area (Å²) in [5.41, 5.74) is 1.37. The van der Waals surface area contributed by atoms with Gasteiger partial charge in [0.25, 0.3) is 11.1 Å². The van der Waals surface area contributed by atoms with E-state index in [1.807, 2.05) is 25.1 Å². The number of amides is 3. The summed E-state index contributed by atoms with van der Waals surface area (Å²) >= 11 is 13.5. The average Bonchev–Trinajstić information content (AvgIpc) is 3.45. The number of hydrogen-bond acceptors (Lipinski definition) is 6. The summed E-state index contributed by atoms with van der Waals surface area (Å²) in [4.78, 5) is 40.6. The van der Waals surface area contributed by atoms with E-state index in [0.717, 1.165) is 35.1 Å². The number of halogens is 2. The van der Waals surface area contributed by atoms with Gasteiger partial charge < -0.3 is 14.4 Å². The minimum atomic E-state index is -0.499. The van der Waals surface area contributed by atoms with Crippen LogP contribution in [0.5, 0.6) is 11.5 Å². The van der Waals surface area contributed by atoms with Crippen LogP contribution in [0.4, 0.5) is 4.79 Å². The fourth-order valence-corrected chi connectivity index (χ4v) is 5.13. The standard InChI is InChI=1S/C25H24Cl2N2O5S/c1-2-33-20-12-16(11-19(27)23(20)34-15-17-7-3-4-8-18(17)26)13-21-24(31)29(25(32)35-21)14-22(30)28-9-5-6-10-28/h3-4,7-8,11-13H,2,5-6,9-10,14-15H2,1H3/b21-13-. The van der Waals surface area contributed by atoms with Gasteiger partial charge in [-0.25, -0.2) is 0 Å². The normalized spacial score (nSPS) is 16.9. The number of likely N-dealkylation sites (tertiary alicyclic amines) is 1. The van der Waals surface area contributed by atoms with E-state index in [1.54, 1.807) is 29.2 Å². The Balaban J connectivity index is 1.52. The Bertz CT molecular complexity index is 1180. The van der Waals surface area contributed by atoms with E-state index in [1.165, 1.54) is 0 Å². The molecule has 0 aromatic heterocycles. The minimum Gasteiger partial charge on any atom is -0.490 e. The fourth-order valence-electron chi connectivity index (χ4n) is 3.83. The van der Waals surface area contributed by atoms with Crippen molar-refractivity contribution in [3.8, 4) is 11.5 Å². The molecule has 0 saturated carbocycles. The highest BCUT2D eigenvalue weighted by atomic mass is 35.5. The lowest BCUT2D eigenvalue weighted by Gasteiger charge is -2.18.